The van der Waals surface area contributed by atoms with Gasteiger partial charge in [0.2, 0.25) is 5.95 Å². The summed E-state index contributed by atoms with van der Waals surface area (Å²) in [6.07, 6.45) is 6.38. The lowest BCUT2D eigenvalue weighted by Crippen LogP contribution is -2.47. The number of piperidine rings is 1. The molecule has 3 saturated heterocycles. The normalized spacial score (nSPS) is 26.4. The zero-order valence-corrected chi connectivity index (χ0v) is 15.9. The quantitative estimate of drug-likeness (QED) is 0.834. The molecule has 0 aromatic carbocycles. The Morgan fingerprint density at radius 3 is 2.78 bits per heavy atom. The van der Waals surface area contributed by atoms with Gasteiger partial charge in [-0.05, 0) is 56.6 Å². The number of amides is 1. The maximum absolute atomic E-state index is 15.0. The SMILES string of the molecule is Cc1cccc2nc(C(=O)N3C[C@H]4CC[C@@H](C3)N(CC3CCC3)C4)c(F)n12. The summed E-state index contributed by atoms with van der Waals surface area (Å²) in [6, 6.07) is 5.83. The van der Waals surface area contributed by atoms with Crippen molar-refractivity contribution < 1.29 is 9.18 Å². The van der Waals surface area contributed by atoms with E-state index in [1.165, 1.54) is 36.6 Å². The molecular formula is C21H27FN4O. The molecule has 4 aliphatic rings. The van der Waals surface area contributed by atoms with Gasteiger partial charge in [-0.2, -0.15) is 4.39 Å². The Labute approximate surface area is 159 Å². The van der Waals surface area contributed by atoms with Crippen molar-refractivity contribution in [2.45, 2.75) is 45.1 Å². The van der Waals surface area contributed by atoms with E-state index in [9.17, 15) is 9.18 Å². The van der Waals surface area contributed by atoms with Gasteiger partial charge in [-0.25, -0.2) is 4.98 Å². The fourth-order valence-corrected chi connectivity index (χ4v) is 5.07. The predicted octanol–water partition coefficient (Wildman–Crippen LogP) is 3.12. The zero-order chi connectivity index (χ0) is 18.5. The number of fused-ring (bicyclic) bond motifs is 5. The molecule has 1 aliphatic carbocycles. The summed E-state index contributed by atoms with van der Waals surface area (Å²) in [7, 11) is 0. The average molecular weight is 370 g/mol. The van der Waals surface area contributed by atoms with E-state index in [1.54, 1.807) is 6.07 Å². The highest BCUT2D eigenvalue weighted by molar-refractivity contribution is 5.93. The van der Waals surface area contributed by atoms with Crippen LogP contribution in [-0.2, 0) is 0 Å². The zero-order valence-electron chi connectivity index (χ0n) is 15.9. The van der Waals surface area contributed by atoms with Crippen molar-refractivity contribution in [1.29, 1.82) is 0 Å². The Morgan fingerprint density at radius 2 is 2.04 bits per heavy atom. The molecule has 6 rings (SSSR count). The van der Waals surface area contributed by atoms with Gasteiger partial charge in [-0.15, -0.1) is 0 Å². The summed E-state index contributed by atoms with van der Waals surface area (Å²) in [6.45, 7) is 5.51. The highest BCUT2D eigenvalue weighted by Crippen LogP contribution is 2.33. The van der Waals surface area contributed by atoms with E-state index in [0.717, 1.165) is 31.1 Å². The number of rotatable bonds is 3. The first-order valence-electron chi connectivity index (χ1n) is 10.3. The minimum Gasteiger partial charge on any atom is -0.335 e. The van der Waals surface area contributed by atoms with Crippen molar-refractivity contribution in [2.75, 3.05) is 26.2 Å². The lowest BCUT2D eigenvalue weighted by molar-refractivity contribution is 0.0708. The average Bonchev–Trinajstić information content (AvgIpc) is 2.77. The first-order chi connectivity index (χ1) is 13.1. The number of pyridine rings is 1. The largest absolute Gasteiger partial charge is 0.335 e. The molecule has 2 bridgehead atoms. The molecule has 5 nitrogen and oxygen atoms in total. The highest BCUT2D eigenvalue weighted by Gasteiger charge is 2.39. The molecule has 0 radical (unpaired) electrons. The number of aryl methyl sites for hydroxylation is 1. The van der Waals surface area contributed by atoms with Gasteiger partial charge in [0.15, 0.2) is 5.69 Å². The van der Waals surface area contributed by atoms with Crippen molar-refractivity contribution in [3.8, 4) is 0 Å². The van der Waals surface area contributed by atoms with Crippen LogP contribution in [0.4, 0.5) is 4.39 Å². The maximum Gasteiger partial charge on any atom is 0.277 e. The first-order valence-corrected chi connectivity index (χ1v) is 10.3. The van der Waals surface area contributed by atoms with Gasteiger partial charge in [0, 0.05) is 37.9 Å². The molecule has 0 unspecified atom stereocenters. The summed E-state index contributed by atoms with van der Waals surface area (Å²) < 4.78 is 16.4. The number of halogens is 1. The molecule has 1 saturated carbocycles. The Kier molecular flexibility index (Phi) is 4.19. The van der Waals surface area contributed by atoms with Crippen LogP contribution in [-0.4, -0.2) is 57.3 Å². The van der Waals surface area contributed by atoms with Crippen LogP contribution in [0.3, 0.4) is 0 Å². The van der Waals surface area contributed by atoms with Crippen LogP contribution < -0.4 is 0 Å². The van der Waals surface area contributed by atoms with Gasteiger partial charge in [-0.3, -0.25) is 14.1 Å². The number of hydrogen-bond donors (Lipinski definition) is 0. The number of carbonyl (C=O) groups is 1. The molecule has 2 aromatic heterocycles. The van der Waals surface area contributed by atoms with Gasteiger partial charge in [-0.1, -0.05) is 12.5 Å². The fourth-order valence-electron chi connectivity index (χ4n) is 5.07. The second kappa shape index (κ2) is 6.59. The summed E-state index contributed by atoms with van der Waals surface area (Å²) in [5.74, 6) is 0.552. The molecule has 27 heavy (non-hydrogen) atoms. The molecular weight excluding hydrogens is 343 g/mol. The molecule has 0 spiro atoms. The van der Waals surface area contributed by atoms with E-state index < -0.39 is 5.95 Å². The number of imidazole rings is 1. The second-order valence-electron chi connectivity index (χ2n) is 8.67. The van der Waals surface area contributed by atoms with Crippen molar-refractivity contribution in [2.24, 2.45) is 11.8 Å². The topological polar surface area (TPSA) is 40.9 Å². The molecule has 5 heterocycles. The monoisotopic (exact) mass is 370 g/mol. The third-order valence-electron chi connectivity index (χ3n) is 6.82. The minimum atomic E-state index is -0.531. The molecule has 0 N–H and O–H groups in total. The van der Waals surface area contributed by atoms with Crippen molar-refractivity contribution >= 4 is 11.6 Å². The Bertz CT molecular complexity index is 874. The molecule has 2 aromatic rings. The third-order valence-corrected chi connectivity index (χ3v) is 6.82. The van der Waals surface area contributed by atoms with Crippen molar-refractivity contribution in [3.63, 3.8) is 0 Å². The van der Waals surface area contributed by atoms with Crippen LogP contribution in [0.25, 0.3) is 5.65 Å². The molecule has 144 valence electrons. The van der Waals surface area contributed by atoms with Crippen molar-refractivity contribution in [1.82, 2.24) is 19.2 Å². The Hall–Kier alpha value is -1.95. The van der Waals surface area contributed by atoms with Gasteiger partial charge in [0.1, 0.15) is 5.65 Å². The Morgan fingerprint density at radius 1 is 1.19 bits per heavy atom. The highest BCUT2D eigenvalue weighted by atomic mass is 19.1. The van der Waals surface area contributed by atoms with Crippen LogP contribution in [0.5, 0.6) is 0 Å². The lowest BCUT2D eigenvalue weighted by Gasteiger charge is -2.40. The summed E-state index contributed by atoms with van der Waals surface area (Å²) in [5.41, 5.74) is 1.22. The van der Waals surface area contributed by atoms with Crippen LogP contribution in [0.1, 0.15) is 48.3 Å². The maximum atomic E-state index is 15.0. The molecule has 1 amide bonds. The second-order valence-corrected chi connectivity index (χ2v) is 8.67. The van der Waals surface area contributed by atoms with E-state index in [1.807, 2.05) is 24.0 Å². The van der Waals surface area contributed by atoms with Gasteiger partial charge >= 0.3 is 0 Å². The van der Waals surface area contributed by atoms with E-state index in [4.69, 9.17) is 0 Å². The first kappa shape index (κ1) is 17.2. The number of carbonyl (C=O) groups excluding carboxylic acids is 1. The Balaban J connectivity index is 1.39. The predicted molar refractivity (Wildman–Crippen MR) is 101 cm³/mol. The molecule has 4 fully saturated rings. The van der Waals surface area contributed by atoms with E-state index in [-0.39, 0.29) is 11.6 Å². The van der Waals surface area contributed by atoms with Gasteiger partial charge in [0.05, 0.1) is 0 Å². The van der Waals surface area contributed by atoms with E-state index >= 15 is 0 Å². The molecule has 6 heteroatoms. The van der Waals surface area contributed by atoms with Crippen LogP contribution >= 0.6 is 0 Å². The third kappa shape index (κ3) is 2.94. The molecule has 3 aliphatic heterocycles. The van der Waals surface area contributed by atoms with Gasteiger partial charge in [0.25, 0.3) is 5.91 Å². The van der Waals surface area contributed by atoms with Crippen LogP contribution in [0.2, 0.25) is 0 Å². The number of hydrogen-bond acceptors (Lipinski definition) is 3. The van der Waals surface area contributed by atoms with E-state index in [0.29, 0.717) is 24.2 Å². The van der Waals surface area contributed by atoms with Crippen molar-refractivity contribution in [3.05, 3.63) is 35.5 Å². The van der Waals surface area contributed by atoms with E-state index in [2.05, 4.69) is 9.88 Å². The standard InChI is InChI=1S/C21H27FN4O/c1-14-4-2-7-18-23-19(20(22)26(14)18)21(27)25-12-16-8-9-17(13-25)24(11-16)10-15-5-3-6-15/h2,4,7,15-17H,3,5-6,8-13H2,1H3/t16-,17-/m0/s1. The van der Waals surface area contributed by atoms with Gasteiger partial charge < -0.3 is 4.90 Å². The van der Waals surface area contributed by atoms with Crippen LogP contribution in [0.15, 0.2) is 18.2 Å². The smallest absolute Gasteiger partial charge is 0.277 e. The minimum absolute atomic E-state index is 0.0313. The molecule has 2 atom stereocenters. The number of nitrogens with zero attached hydrogens (tertiary/aromatic N) is 4. The lowest BCUT2D eigenvalue weighted by atomic mass is 9.83. The summed E-state index contributed by atoms with van der Waals surface area (Å²) >= 11 is 0. The fraction of sp³-hybridized carbons (Fsp3) is 0.619. The number of aromatic nitrogens is 2. The summed E-state index contributed by atoms with van der Waals surface area (Å²) in [5, 5.41) is 0. The summed E-state index contributed by atoms with van der Waals surface area (Å²) in [4.78, 5) is 22.0. The van der Waals surface area contributed by atoms with Crippen LogP contribution in [0, 0.1) is 24.7 Å².